The summed E-state index contributed by atoms with van der Waals surface area (Å²) in [7, 11) is 1.74. The third-order valence-electron chi connectivity index (χ3n) is 3.74. The Hall–Kier alpha value is -1.84. The van der Waals surface area contributed by atoms with Crippen molar-refractivity contribution in [2.75, 3.05) is 11.9 Å². The van der Waals surface area contributed by atoms with Gasteiger partial charge in [-0.3, -0.25) is 9.59 Å². The fourth-order valence-electron chi connectivity index (χ4n) is 2.55. The highest BCUT2D eigenvalue weighted by atomic mass is 16.4. The third kappa shape index (κ3) is 2.62. The van der Waals surface area contributed by atoms with E-state index in [0.717, 1.165) is 11.3 Å². The number of rotatable bonds is 3. The van der Waals surface area contributed by atoms with Gasteiger partial charge in [0.05, 0.1) is 6.42 Å². The maximum Gasteiger partial charge on any atom is 0.303 e. The molecule has 0 radical (unpaired) electrons. The SMILES string of the molecule is CC(C)c1ccc2c(c1)C(CC(=O)O)CC(=O)N2C. The minimum Gasteiger partial charge on any atom is -0.481 e. The lowest BCUT2D eigenvalue weighted by Gasteiger charge is -2.31. The number of benzene rings is 1. The Morgan fingerprint density at radius 3 is 2.74 bits per heavy atom. The Morgan fingerprint density at radius 1 is 1.47 bits per heavy atom. The minimum absolute atomic E-state index is 0.00806. The molecule has 0 saturated carbocycles. The largest absolute Gasteiger partial charge is 0.481 e. The van der Waals surface area contributed by atoms with Gasteiger partial charge >= 0.3 is 5.97 Å². The van der Waals surface area contributed by atoms with Gasteiger partial charge in [0.25, 0.3) is 0 Å². The molecule has 1 heterocycles. The first-order valence-corrected chi connectivity index (χ1v) is 6.52. The van der Waals surface area contributed by atoms with Crippen LogP contribution in [0.4, 0.5) is 5.69 Å². The van der Waals surface area contributed by atoms with Crippen LogP contribution in [-0.4, -0.2) is 24.0 Å². The Morgan fingerprint density at radius 2 is 2.16 bits per heavy atom. The van der Waals surface area contributed by atoms with Crippen LogP contribution in [-0.2, 0) is 9.59 Å². The molecule has 1 atom stereocenters. The predicted molar refractivity (Wildman–Crippen MR) is 73.6 cm³/mol. The van der Waals surface area contributed by atoms with Gasteiger partial charge in [0.2, 0.25) is 5.91 Å². The summed E-state index contributed by atoms with van der Waals surface area (Å²) >= 11 is 0. The van der Waals surface area contributed by atoms with E-state index in [4.69, 9.17) is 5.11 Å². The van der Waals surface area contributed by atoms with Crippen molar-refractivity contribution in [1.29, 1.82) is 0 Å². The summed E-state index contributed by atoms with van der Waals surface area (Å²) in [5, 5.41) is 9.00. The summed E-state index contributed by atoms with van der Waals surface area (Å²) in [5.74, 6) is -0.701. The van der Waals surface area contributed by atoms with Crippen molar-refractivity contribution in [3.05, 3.63) is 29.3 Å². The molecular weight excluding hydrogens is 242 g/mol. The summed E-state index contributed by atoms with van der Waals surface area (Å²) in [5.41, 5.74) is 3.00. The first kappa shape index (κ1) is 13.6. The van der Waals surface area contributed by atoms with Crippen molar-refractivity contribution < 1.29 is 14.7 Å². The number of fused-ring (bicyclic) bond motifs is 1. The summed E-state index contributed by atoms with van der Waals surface area (Å²) in [6.07, 6.45) is 0.283. The third-order valence-corrected chi connectivity index (χ3v) is 3.74. The van der Waals surface area contributed by atoms with Crippen molar-refractivity contribution >= 4 is 17.6 Å². The molecule has 4 nitrogen and oxygen atoms in total. The number of anilines is 1. The molecule has 1 aromatic rings. The molecule has 1 aromatic carbocycles. The number of aliphatic carboxylic acids is 1. The van der Waals surface area contributed by atoms with Gasteiger partial charge in [-0.05, 0) is 23.1 Å². The second-order valence-electron chi connectivity index (χ2n) is 5.42. The average molecular weight is 261 g/mol. The molecule has 1 amide bonds. The van der Waals surface area contributed by atoms with E-state index in [1.165, 1.54) is 5.56 Å². The zero-order valence-corrected chi connectivity index (χ0v) is 11.5. The maximum atomic E-state index is 11.9. The van der Waals surface area contributed by atoms with Gasteiger partial charge in [0, 0.05) is 25.1 Å². The Bertz CT molecular complexity index is 522. The van der Waals surface area contributed by atoms with Crippen LogP contribution in [0, 0.1) is 0 Å². The molecule has 0 aliphatic carbocycles. The smallest absolute Gasteiger partial charge is 0.303 e. The van der Waals surface area contributed by atoms with Crippen LogP contribution in [0.25, 0.3) is 0 Å². The Balaban J connectivity index is 2.47. The van der Waals surface area contributed by atoms with Crippen molar-refractivity contribution in [1.82, 2.24) is 0 Å². The summed E-state index contributed by atoms with van der Waals surface area (Å²) in [4.78, 5) is 24.5. The molecule has 1 N–H and O–H groups in total. The van der Waals surface area contributed by atoms with Gasteiger partial charge in [-0.15, -0.1) is 0 Å². The Kier molecular flexibility index (Phi) is 3.60. The van der Waals surface area contributed by atoms with Crippen LogP contribution >= 0.6 is 0 Å². The average Bonchev–Trinajstić information content (AvgIpc) is 2.34. The first-order valence-electron chi connectivity index (χ1n) is 6.52. The molecule has 1 aliphatic rings. The van der Waals surface area contributed by atoms with Crippen LogP contribution in [0.15, 0.2) is 18.2 Å². The maximum absolute atomic E-state index is 11.9. The molecule has 19 heavy (non-hydrogen) atoms. The second kappa shape index (κ2) is 5.03. The van der Waals surface area contributed by atoms with Crippen LogP contribution in [0.2, 0.25) is 0 Å². The zero-order chi connectivity index (χ0) is 14.2. The van der Waals surface area contributed by atoms with Crippen LogP contribution < -0.4 is 4.90 Å². The van der Waals surface area contributed by atoms with Gasteiger partial charge in [-0.1, -0.05) is 26.0 Å². The standard InChI is InChI=1S/C15H19NO3/c1-9(2)10-4-5-13-12(6-10)11(8-15(18)19)7-14(17)16(13)3/h4-6,9,11H,7-8H2,1-3H3,(H,18,19). The highest BCUT2D eigenvalue weighted by Crippen LogP contribution is 2.38. The van der Waals surface area contributed by atoms with E-state index in [2.05, 4.69) is 19.9 Å². The number of hydrogen-bond acceptors (Lipinski definition) is 2. The van der Waals surface area contributed by atoms with Crippen molar-refractivity contribution in [3.8, 4) is 0 Å². The van der Waals surface area contributed by atoms with Crippen LogP contribution in [0.1, 0.15) is 49.7 Å². The van der Waals surface area contributed by atoms with Crippen molar-refractivity contribution in [2.24, 2.45) is 0 Å². The molecular formula is C15H19NO3. The number of hydrogen-bond donors (Lipinski definition) is 1. The topological polar surface area (TPSA) is 57.6 Å². The summed E-state index contributed by atoms with van der Waals surface area (Å²) in [6.45, 7) is 4.21. The molecule has 4 heteroatoms. The van der Waals surface area contributed by atoms with Gasteiger partial charge in [-0.25, -0.2) is 0 Å². The van der Waals surface area contributed by atoms with Crippen LogP contribution in [0.5, 0.6) is 0 Å². The van der Waals surface area contributed by atoms with E-state index in [0.29, 0.717) is 5.92 Å². The van der Waals surface area contributed by atoms with E-state index >= 15 is 0 Å². The molecule has 0 bridgehead atoms. The van der Waals surface area contributed by atoms with E-state index in [1.807, 2.05) is 12.1 Å². The van der Waals surface area contributed by atoms with Crippen LogP contribution in [0.3, 0.4) is 0 Å². The molecule has 0 aromatic heterocycles. The van der Waals surface area contributed by atoms with Crippen molar-refractivity contribution in [2.45, 2.75) is 38.5 Å². The molecule has 0 saturated heterocycles. The fraction of sp³-hybridized carbons (Fsp3) is 0.467. The highest BCUT2D eigenvalue weighted by Gasteiger charge is 2.30. The van der Waals surface area contributed by atoms with Gasteiger partial charge < -0.3 is 10.0 Å². The number of amides is 1. The van der Waals surface area contributed by atoms with E-state index in [1.54, 1.807) is 11.9 Å². The highest BCUT2D eigenvalue weighted by molar-refractivity contribution is 5.97. The van der Waals surface area contributed by atoms with E-state index in [9.17, 15) is 9.59 Å². The summed E-state index contributed by atoms with van der Waals surface area (Å²) in [6, 6.07) is 5.99. The molecule has 0 spiro atoms. The number of carbonyl (C=O) groups is 2. The number of carboxylic acid groups (broad SMARTS) is 1. The zero-order valence-electron chi connectivity index (χ0n) is 11.5. The summed E-state index contributed by atoms with van der Waals surface area (Å²) < 4.78 is 0. The number of nitrogens with zero attached hydrogens (tertiary/aromatic N) is 1. The minimum atomic E-state index is -0.858. The van der Waals surface area contributed by atoms with Crippen molar-refractivity contribution in [3.63, 3.8) is 0 Å². The lowest BCUT2D eigenvalue weighted by atomic mass is 9.85. The fourth-order valence-corrected chi connectivity index (χ4v) is 2.55. The monoisotopic (exact) mass is 261 g/mol. The second-order valence-corrected chi connectivity index (χ2v) is 5.42. The van der Waals surface area contributed by atoms with Gasteiger partial charge in [0.1, 0.15) is 0 Å². The molecule has 2 rings (SSSR count). The van der Waals surface area contributed by atoms with Gasteiger partial charge in [-0.2, -0.15) is 0 Å². The molecule has 0 fully saturated rings. The lowest BCUT2D eigenvalue weighted by Crippen LogP contribution is -2.33. The normalized spacial score (nSPS) is 18.6. The Labute approximate surface area is 113 Å². The van der Waals surface area contributed by atoms with E-state index in [-0.39, 0.29) is 24.7 Å². The first-order chi connectivity index (χ1) is 8.90. The molecule has 1 unspecified atom stereocenters. The number of carbonyl (C=O) groups excluding carboxylic acids is 1. The van der Waals surface area contributed by atoms with E-state index < -0.39 is 5.97 Å². The number of carboxylic acids is 1. The van der Waals surface area contributed by atoms with Gasteiger partial charge in [0.15, 0.2) is 0 Å². The quantitative estimate of drug-likeness (QED) is 0.910. The lowest BCUT2D eigenvalue weighted by molar-refractivity contribution is -0.137. The molecule has 1 aliphatic heterocycles. The molecule has 102 valence electrons. The predicted octanol–water partition coefficient (Wildman–Crippen LogP) is 2.73.